The molecule has 0 bridgehead atoms. The molecule has 8 N–H and O–H groups in total. The van der Waals surface area contributed by atoms with Gasteiger partial charge >= 0.3 is 5.97 Å². The molecule has 4 atom stereocenters. The summed E-state index contributed by atoms with van der Waals surface area (Å²) in [6, 6.07) is -3.18. The molecule has 0 aliphatic rings. The molecule has 0 aromatic heterocycles. The Morgan fingerprint density at radius 2 is 1.57 bits per heavy atom. The first-order valence-corrected chi connectivity index (χ1v) is 9.04. The van der Waals surface area contributed by atoms with E-state index >= 15 is 0 Å². The van der Waals surface area contributed by atoms with Crippen molar-refractivity contribution in [3.63, 3.8) is 0 Å². The number of carbonyl (C=O) groups is 5. The van der Waals surface area contributed by atoms with E-state index in [0.29, 0.717) is 6.42 Å². The van der Waals surface area contributed by atoms with Crippen molar-refractivity contribution in [1.82, 2.24) is 16.0 Å². The lowest BCUT2D eigenvalue weighted by atomic mass is 9.97. The van der Waals surface area contributed by atoms with E-state index in [2.05, 4.69) is 16.0 Å². The van der Waals surface area contributed by atoms with Gasteiger partial charge < -0.3 is 32.5 Å². The Hall–Kier alpha value is -2.69. The molecule has 0 aromatic carbocycles. The molecule has 0 fully saturated rings. The molecule has 11 heteroatoms. The van der Waals surface area contributed by atoms with Crippen molar-refractivity contribution >= 4 is 29.6 Å². The number of amides is 4. The predicted molar refractivity (Wildman–Crippen MR) is 101 cm³/mol. The molecular formula is C17H31N5O6. The summed E-state index contributed by atoms with van der Waals surface area (Å²) in [5.74, 6) is -4.57. The van der Waals surface area contributed by atoms with Gasteiger partial charge in [0.1, 0.15) is 12.1 Å². The lowest BCUT2D eigenvalue weighted by Gasteiger charge is -2.25. The highest BCUT2D eigenvalue weighted by Gasteiger charge is 2.29. The second-order valence-electron chi connectivity index (χ2n) is 6.99. The van der Waals surface area contributed by atoms with Crippen LogP contribution in [0.2, 0.25) is 0 Å². The molecule has 0 aliphatic heterocycles. The topological polar surface area (TPSA) is 194 Å². The molecule has 11 nitrogen and oxygen atoms in total. The highest BCUT2D eigenvalue weighted by atomic mass is 16.4. The number of nitrogens with two attached hydrogens (primary N) is 2. The van der Waals surface area contributed by atoms with Gasteiger partial charge in [-0.05, 0) is 11.8 Å². The van der Waals surface area contributed by atoms with Gasteiger partial charge in [0.15, 0.2) is 0 Å². The summed E-state index contributed by atoms with van der Waals surface area (Å²) in [4.78, 5) is 58.3. The number of hydrogen-bond donors (Lipinski definition) is 6. The fraction of sp³-hybridized carbons (Fsp3) is 0.706. The summed E-state index contributed by atoms with van der Waals surface area (Å²) < 4.78 is 0. The van der Waals surface area contributed by atoms with Crippen molar-refractivity contribution < 1.29 is 29.1 Å². The second kappa shape index (κ2) is 11.9. The zero-order valence-electron chi connectivity index (χ0n) is 16.7. The first kappa shape index (κ1) is 25.3. The summed E-state index contributed by atoms with van der Waals surface area (Å²) in [6.07, 6.45) is 0.122. The number of carbonyl (C=O) groups excluding carboxylic acids is 4. The molecule has 0 aromatic rings. The van der Waals surface area contributed by atoms with Crippen molar-refractivity contribution in [3.05, 3.63) is 0 Å². The summed E-state index contributed by atoms with van der Waals surface area (Å²) in [6.45, 7) is 6.62. The Bertz CT molecular complexity index is 595. The minimum Gasteiger partial charge on any atom is -0.480 e. The summed E-state index contributed by atoms with van der Waals surface area (Å²) in [5.41, 5.74) is 10.8. The summed E-state index contributed by atoms with van der Waals surface area (Å²) in [5, 5.41) is 16.0. The third-order valence-electron chi connectivity index (χ3n) is 4.27. The molecule has 0 heterocycles. The van der Waals surface area contributed by atoms with Gasteiger partial charge in [-0.2, -0.15) is 0 Å². The molecule has 0 spiro atoms. The normalized spacial score (nSPS) is 15.1. The molecule has 0 saturated carbocycles. The van der Waals surface area contributed by atoms with Crippen LogP contribution < -0.4 is 27.4 Å². The lowest BCUT2D eigenvalue weighted by molar-refractivity contribution is -0.143. The van der Waals surface area contributed by atoms with Crippen LogP contribution in [0.3, 0.4) is 0 Å². The maximum atomic E-state index is 12.3. The van der Waals surface area contributed by atoms with Crippen LogP contribution >= 0.6 is 0 Å². The molecular weight excluding hydrogens is 370 g/mol. The van der Waals surface area contributed by atoms with Crippen molar-refractivity contribution in [2.75, 3.05) is 6.54 Å². The van der Waals surface area contributed by atoms with Gasteiger partial charge in [-0.25, -0.2) is 4.79 Å². The van der Waals surface area contributed by atoms with Crippen LogP contribution in [-0.4, -0.2) is 59.4 Å². The van der Waals surface area contributed by atoms with E-state index in [9.17, 15) is 24.0 Å². The van der Waals surface area contributed by atoms with Crippen LogP contribution in [0.1, 0.15) is 40.5 Å². The lowest BCUT2D eigenvalue weighted by Crippen LogP contribution is -2.56. The van der Waals surface area contributed by atoms with E-state index in [1.54, 1.807) is 13.8 Å². The van der Waals surface area contributed by atoms with E-state index < -0.39 is 60.7 Å². The van der Waals surface area contributed by atoms with Crippen molar-refractivity contribution in [2.24, 2.45) is 23.3 Å². The number of hydrogen-bond acceptors (Lipinski definition) is 6. The minimum atomic E-state index is -1.49. The SMILES string of the molecule is CCC(C)C(N)C(=O)NC(C(=O)NCC(=O)NC(CC(N)=O)C(=O)O)C(C)C. The summed E-state index contributed by atoms with van der Waals surface area (Å²) >= 11 is 0. The van der Waals surface area contributed by atoms with E-state index in [1.165, 1.54) is 0 Å². The van der Waals surface area contributed by atoms with Crippen LogP contribution in [0.5, 0.6) is 0 Å². The van der Waals surface area contributed by atoms with Crippen LogP contribution in [0, 0.1) is 11.8 Å². The molecule has 28 heavy (non-hydrogen) atoms. The third kappa shape index (κ3) is 8.80. The van der Waals surface area contributed by atoms with Crippen LogP contribution in [-0.2, 0) is 24.0 Å². The van der Waals surface area contributed by atoms with E-state index in [0.717, 1.165) is 0 Å². The van der Waals surface area contributed by atoms with E-state index in [4.69, 9.17) is 16.6 Å². The number of primary amides is 1. The fourth-order valence-electron chi connectivity index (χ4n) is 2.22. The molecule has 4 amide bonds. The van der Waals surface area contributed by atoms with Crippen LogP contribution in [0.4, 0.5) is 0 Å². The Morgan fingerprint density at radius 3 is 2.00 bits per heavy atom. The number of carboxylic acid groups (broad SMARTS) is 1. The minimum absolute atomic E-state index is 0.0696. The fourth-order valence-corrected chi connectivity index (χ4v) is 2.22. The first-order valence-electron chi connectivity index (χ1n) is 9.04. The molecule has 0 rings (SSSR count). The Labute approximate surface area is 164 Å². The van der Waals surface area contributed by atoms with E-state index in [-0.39, 0.29) is 11.8 Å². The average Bonchev–Trinajstić information content (AvgIpc) is 2.61. The van der Waals surface area contributed by atoms with Crippen molar-refractivity contribution in [3.8, 4) is 0 Å². The van der Waals surface area contributed by atoms with Gasteiger partial charge in [-0.1, -0.05) is 34.1 Å². The van der Waals surface area contributed by atoms with Gasteiger partial charge in [-0.3, -0.25) is 19.2 Å². The smallest absolute Gasteiger partial charge is 0.326 e. The maximum Gasteiger partial charge on any atom is 0.326 e. The van der Waals surface area contributed by atoms with Gasteiger partial charge in [0.2, 0.25) is 23.6 Å². The Morgan fingerprint density at radius 1 is 1.00 bits per heavy atom. The molecule has 0 aliphatic carbocycles. The van der Waals surface area contributed by atoms with Gasteiger partial charge in [0.25, 0.3) is 0 Å². The summed E-state index contributed by atoms with van der Waals surface area (Å²) in [7, 11) is 0. The Balaban J connectivity index is 4.81. The zero-order chi connectivity index (χ0) is 22.0. The van der Waals surface area contributed by atoms with Gasteiger partial charge in [-0.15, -0.1) is 0 Å². The number of aliphatic carboxylic acids is 1. The number of nitrogens with one attached hydrogen (secondary N) is 3. The van der Waals surface area contributed by atoms with Gasteiger partial charge in [0.05, 0.1) is 19.0 Å². The maximum absolute atomic E-state index is 12.3. The predicted octanol–water partition coefficient (Wildman–Crippen LogP) is -1.94. The molecule has 0 radical (unpaired) electrons. The molecule has 160 valence electrons. The molecule has 4 unspecified atom stereocenters. The van der Waals surface area contributed by atoms with Crippen molar-refractivity contribution in [2.45, 2.75) is 58.7 Å². The number of carboxylic acids is 1. The van der Waals surface area contributed by atoms with Crippen molar-refractivity contribution in [1.29, 1.82) is 0 Å². The standard InChI is InChI=1S/C17H31N5O6/c1-5-9(4)13(19)15(25)22-14(8(2)3)16(26)20-7-12(24)21-10(17(27)28)6-11(18)23/h8-10,13-14H,5-7,19H2,1-4H3,(H2,18,23)(H,20,26)(H,21,24)(H,22,25)(H,27,28). The monoisotopic (exact) mass is 401 g/mol. The quantitative estimate of drug-likeness (QED) is 0.219. The highest BCUT2D eigenvalue weighted by Crippen LogP contribution is 2.08. The third-order valence-corrected chi connectivity index (χ3v) is 4.27. The zero-order valence-corrected chi connectivity index (χ0v) is 16.7. The van der Waals surface area contributed by atoms with Crippen LogP contribution in [0.15, 0.2) is 0 Å². The van der Waals surface area contributed by atoms with E-state index in [1.807, 2.05) is 13.8 Å². The van der Waals surface area contributed by atoms with Crippen LogP contribution in [0.25, 0.3) is 0 Å². The average molecular weight is 401 g/mol. The second-order valence-corrected chi connectivity index (χ2v) is 6.99. The highest BCUT2D eigenvalue weighted by molar-refractivity contribution is 5.93. The van der Waals surface area contributed by atoms with Gasteiger partial charge in [0, 0.05) is 0 Å². The Kier molecular flexibility index (Phi) is 10.8. The first-order chi connectivity index (χ1) is 12.9. The molecule has 0 saturated heterocycles. The largest absolute Gasteiger partial charge is 0.480 e. The number of rotatable bonds is 12.